The third-order valence-electron chi connectivity index (χ3n) is 6.19. The molecule has 2 amide bonds. The Kier molecular flexibility index (Phi) is 8.69. The molecule has 0 spiro atoms. The highest BCUT2D eigenvalue weighted by Gasteiger charge is 2.24. The Labute approximate surface area is 186 Å². The van der Waals surface area contributed by atoms with Crippen molar-refractivity contribution < 1.29 is 14.3 Å². The first-order chi connectivity index (χ1) is 14.9. The first kappa shape index (κ1) is 23.5. The smallest absolute Gasteiger partial charge is 0.236 e. The third-order valence-corrected chi connectivity index (χ3v) is 6.19. The van der Waals surface area contributed by atoms with Crippen LogP contribution in [0.25, 0.3) is 0 Å². The maximum atomic E-state index is 12.8. The summed E-state index contributed by atoms with van der Waals surface area (Å²) in [6.07, 6.45) is 0.990. The maximum Gasteiger partial charge on any atom is 0.236 e. The number of hydrogen-bond donors (Lipinski definition) is 0. The lowest BCUT2D eigenvalue weighted by molar-refractivity contribution is -0.134. The van der Waals surface area contributed by atoms with E-state index >= 15 is 0 Å². The highest BCUT2D eigenvalue weighted by molar-refractivity contribution is 5.78. The quantitative estimate of drug-likeness (QED) is 0.624. The Morgan fingerprint density at radius 1 is 0.839 bits per heavy atom. The van der Waals surface area contributed by atoms with E-state index in [1.165, 1.54) is 5.56 Å². The molecule has 2 heterocycles. The first-order valence-corrected chi connectivity index (χ1v) is 11.2. The lowest BCUT2D eigenvalue weighted by Gasteiger charge is -2.35. The Morgan fingerprint density at radius 3 is 2.00 bits per heavy atom. The number of ether oxygens (including phenoxy) is 1. The first-order valence-electron chi connectivity index (χ1n) is 11.2. The molecule has 1 aromatic carbocycles. The van der Waals surface area contributed by atoms with Gasteiger partial charge in [0.2, 0.25) is 11.8 Å². The van der Waals surface area contributed by atoms with E-state index in [-0.39, 0.29) is 11.8 Å². The molecule has 0 bridgehead atoms. The largest absolute Gasteiger partial charge is 0.497 e. The lowest BCUT2D eigenvalue weighted by atomic mass is 10.2. The second kappa shape index (κ2) is 11.5. The molecule has 0 aliphatic carbocycles. The zero-order valence-electron chi connectivity index (χ0n) is 19.3. The third kappa shape index (κ3) is 7.19. The molecule has 31 heavy (non-hydrogen) atoms. The van der Waals surface area contributed by atoms with Gasteiger partial charge in [-0.15, -0.1) is 0 Å². The van der Waals surface area contributed by atoms with Gasteiger partial charge in [0, 0.05) is 59.9 Å². The number of carbonyl (C=O) groups is 2. The molecule has 2 fully saturated rings. The summed E-state index contributed by atoms with van der Waals surface area (Å²) in [4.78, 5) is 35.3. The van der Waals surface area contributed by atoms with Crippen LogP contribution in [0, 0.1) is 0 Å². The Hall–Kier alpha value is -2.16. The second-order valence-electron chi connectivity index (χ2n) is 8.70. The van der Waals surface area contributed by atoms with Gasteiger partial charge in [-0.25, -0.2) is 0 Å². The van der Waals surface area contributed by atoms with Crippen molar-refractivity contribution in [2.45, 2.75) is 13.0 Å². The van der Waals surface area contributed by atoms with E-state index in [2.05, 4.69) is 26.8 Å². The molecule has 0 unspecified atom stereocenters. The average Bonchev–Trinajstić information content (AvgIpc) is 2.99. The number of nitrogens with zero attached hydrogens (tertiary/aromatic N) is 5. The van der Waals surface area contributed by atoms with E-state index in [0.29, 0.717) is 13.1 Å². The summed E-state index contributed by atoms with van der Waals surface area (Å²) >= 11 is 0. The van der Waals surface area contributed by atoms with Gasteiger partial charge in [0.15, 0.2) is 0 Å². The van der Waals surface area contributed by atoms with Gasteiger partial charge in [0.1, 0.15) is 5.75 Å². The Balaban J connectivity index is 1.39. The van der Waals surface area contributed by atoms with Crippen LogP contribution < -0.4 is 4.74 Å². The molecule has 2 saturated heterocycles. The highest BCUT2D eigenvalue weighted by atomic mass is 16.5. The Morgan fingerprint density at radius 2 is 1.42 bits per heavy atom. The predicted molar refractivity (Wildman–Crippen MR) is 121 cm³/mol. The molecule has 2 aliphatic rings. The standard InChI is InChI=1S/C23H37N5O3/c1-24(2)22(29)18-25-9-4-10-26(12-11-25)19-23(30)28-15-13-27(14-16-28)17-20-5-7-21(31-3)8-6-20/h5-8H,4,9-19H2,1-3H3. The fourth-order valence-corrected chi connectivity index (χ4v) is 4.11. The molecule has 8 heteroatoms. The van der Waals surface area contributed by atoms with Crippen LogP contribution >= 0.6 is 0 Å². The predicted octanol–water partition coefficient (Wildman–Crippen LogP) is 0.435. The summed E-state index contributed by atoms with van der Waals surface area (Å²) in [5.74, 6) is 1.24. The van der Waals surface area contributed by atoms with Crippen molar-refractivity contribution in [3.63, 3.8) is 0 Å². The van der Waals surface area contributed by atoms with E-state index in [0.717, 1.165) is 71.1 Å². The molecule has 0 saturated carbocycles. The molecule has 0 atom stereocenters. The zero-order chi connectivity index (χ0) is 22.2. The van der Waals surface area contributed by atoms with Crippen molar-refractivity contribution in [1.82, 2.24) is 24.5 Å². The number of benzene rings is 1. The van der Waals surface area contributed by atoms with Crippen LogP contribution in [0.15, 0.2) is 24.3 Å². The fourth-order valence-electron chi connectivity index (χ4n) is 4.11. The maximum absolute atomic E-state index is 12.8. The molecule has 3 rings (SSSR count). The summed E-state index contributed by atoms with van der Waals surface area (Å²) in [5, 5.41) is 0. The number of likely N-dealkylation sites (N-methyl/N-ethyl adjacent to an activating group) is 1. The van der Waals surface area contributed by atoms with Gasteiger partial charge < -0.3 is 14.5 Å². The minimum atomic E-state index is 0.136. The van der Waals surface area contributed by atoms with Gasteiger partial charge in [-0.1, -0.05) is 12.1 Å². The molecule has 0 aromatic heterocycles. The van der Waals surface area contributed by atoms with Crippen LogP contribution in [0.1, 0.15) is 12.0 Å². The number of amides is 2. The van der Waals surface area contributed by atoms with Crippen molar-refractivity contribution in [1.29, 1.82) is 0 Å². The van der Waals surface area contributed by atoms with Crippen molar-refractivity contribution in [2.75, 3.05) is 86.7 Å². The van der Waals surface area contributed by atoms with Crippen LogP contribution in [-0.2, 0) is 16.1 Å². The van der Waals surface area contributed by atoms with Gasteiger partial charge in [0.05, 0.1) is 20.2 Å². The topological polar surface area (TPSA) is 59.6 Å². The van der Waals surface area contributed by atoms with Gasteiger partial charge in [-0.05, 0) is 37.2 Å². The van der Waals surface area contributed by atoms with Crippen LogP contribution in [0.4, 0.5) is 0 Å². The van der Waals surface area contributed by atoms with Crippen LogP contribution in [0.5, 0.6) is 5.75 Å². The van der Waals surface area contributed by atoms with E-state index < -0.39 is 0 Å². The van der Waals surface area contributed by atoms with Crippen molar-refractivity contribution in [3.8, 4) is 5.75 Å². The highest BCUT2D eigenvalue weighted by Crippen LogP contribution is 2.14. The van der Waals surface area contributed by atoms with E-state index in [9.17, 15) is 9.59 Å². The van der Waals surface area contributed by atoms with Gasteiger partial charge in [-0.2, -0.15) is 0 Å². The average molecular weight is 432 g/mol. The molecule has 2 aliphatic heterocycles. The van der Waals surface area contributed by atoms with Crippen LogP contribution in [0.3, 0.4) is 0 Å². The minimum absolute atomic E-state index is 0.136. The van der Waals surface area contributed by atoms with Crippen LogP contribution in [-0.4, -0.2) is 123 Å². The van der Waals surface area contributed by atoms with Crippen molar-refractivity contribution >= 4 is 11.8 Å². The van der Waals surface area contributed by atoms with Gasteiger partial charge >= 0.3 is 0 Å². The molecule has 172 valence electrons. The van der Waals surface area contributed by atoms with E-state index in [1.54, 1.807) is 26.1 Å². The molecule has 1 aromatic rings. The second-order valence-corrected chi connectivity index (χ2v) is 8.70. The normalized spacial score (nSPS) is 19.1. The molecule has 8 nitrogen and oxygen atoms in total. The van der Waals surface area contributed by atoms with Crippen molar-refractivity contribution in [3.05, 3.63) is 29.8 Å². The van der Waals surface area contributed by atoms with E-state index in [1.807, 2.05) is 17.0 Å². The summed E-state index contributed by atoms with van der Waals surface area (Å²) < 4.78 is 5.22. The van der Waals surface area contributed by atoms with Crippen LogP contribution in [0.2, 0.25) is 0 Å². The fraction of sp³-hybridized carbons (Fsp3) is 0.652. The van der Waals surface area contributed by atoms with Gasteiger partial charge in [-0.3, -0.25) is 24.3 Å². The Bertz CT molecular complexity index is 716. The zero-order valence-corrected chi connectivity index (χ0v) is 19.3. The number of carbonyl (C=O) groups excluding carboxylic acids is 2. The lowest BCUT2D eigenvalue weighted by Crippen LogP contribution is -2.51. The monoisotopic (exact) mass is 431 g/mol. The number of methoxy groups -OCH3 is 1. The minimum Gasteiger partial charge on any atom is -0.497 e. The summed E-state index contributed by atoms with van der Waals surface area (Å²) in [6.45, 7) is 8.71. The summed E-state index contributed by atoms with van der Waals surface area (Å²) in [7, 11) is 5.27. The number of rotatable bonds is 7. The number of piperazine rings is 1. The molecule has 0 N–H and O–H groups in total. The SMILES string of the molecule is COc1ccc(CN2CCN(C(=O)CN3CCCN(CC(=O)N(C)C)CC3)CC2)cc1. The summed E-state index contributed by atoms with van der Waals surface area (Å²) in [5.41, 5.74) is 1.27. The number of hydrogen-bond acceptors (Lipinski definition) is 6. The van der Waals surface area contributed by atoms with Crippen molar-refractivity contribution in [2.24, 2.45) is 0 Å². The molecular formula is C23H37N5O3. The summed E-state index contributed by atoms with van der Waals surface area (Å²) in [6, 6.07) is 8.19. The van der Waals surface area contributed by atoms with Gasteiger partial charge in [0.25, 0.3) is 0 Å². The molecule has 0 radical (unpaired) electrons. The molecular weight excluding hydrogens is 394 g/mol. The van der Waals surface area contributed by atoms with E-state index in [4.69, 9.17) is 4.74 Å².